The van der Waals surface area contributed by atoms with Crippen molar-refractivity contribution in [1.82, 2.24) is 4.98 Å². The molecule has 0 bridgehead atoms. The fraction of sp³-hybridized carbons (Fsp3) is 0.375. The van der Waals surface area contributed by atoms with Gasteiger partial charge in [0.15, 0.2) is 0 Å². The van der Waals surface area contributed by atoms with Gasteiger partial charge >= 0.3 is 161 Å². The van der Waals surface area contributed by atoms with Gasteiger partial charge in [0.25, 0.3) is 0 Å². The van der Waals surface area contributed by atoms with E-state index in [1.54, 1.807) is 4.40 Å². The van der Waals surface area contributed by atoms with Crippen LogP contribution in [0.1, 0.15) is 41.5 Å². The number of benzene rings is 2. The molecule has 0 aliphatic rings. The van der Waals surface area contributed by atoms with Crippen LogP contribution in [0.5, 0.6) is 0 Å². The molecule has 1 aromatic heterocycles. The maximum absolute atomic E-state index is 4.76. The Balaban J connectivity index is 2.12. The molecule has 2 heteroatoms. The third-order valence-corrected chi connectivity index (χ3v) is 20.9. The molecule has 0 unspecified atom stereocenters. The molecule has 1 heterocycles. The second-order valence-electron chi connectivity index (χ2n) is 8.39. The first-order chi connectivity index (χ1) is 12.4. The van der Waals surface area contributed by atoms with Crippen LogP contribution >= 0.6 is 0 Å². The minimum absolute atomic E-state index is 0.768. The Morgan fingerprint density at radius 3 is 1.88 bits per heavy atom. The van der Waals surface area contributed by atoms with Crippen molar-refractivity contribution in [3.8, 4) is 11.3 Å². The number of rotatable bonds is 5. The Hall–Kier alpha value is -1.61. The van der Waals surface area contributed by atoms with Gasteiger partial charge in [0.2, 0.25) is 0 Å². The van der Waals surface area contributed by atoms with Crippen LogP contribution in [0.4, 0.5) is 0 Å². The SMILES string of the molecule is C[CH](C)[Ge]([c]1ccc2cc(-c3ccccc3)ncc2c1)([CH](C)C)[CH](C)C. The second-order valence-corrected chi connectivity index (χ2v) is 20.8. The van der Waals surface area contributed by atoms with E-state index in [1.807, 2.05) is 6.07 Å². The van der Waals surface area contributed by atoms with Crippen molar-refractivity contribution in [3.63, 3.8) is 0 Å². The molecule has 0 saturated carbocycles. The van der Waals surface area contributed by atoms with Gasteiger partial charge in [-0.1, -0.05) is 0 Å². The Kier molecular flexibility index (Phi) is 5.57. The van der Waals surface area contributed by atoms with E-state index in [0.29, 0.717) is 0 Å². The van der Waals surface area contributed by atoms with Crippen LogP contribution in [0.2, 0.25) is 14.3 Å². The molecule has 26 heavy (non-hydrogen) atoms. The van der Waals surface area contributed by atoms with Crippen molar-refractivity contribution in [2.45, 2.75) is 55.8 Å². The number of fused-ring (bicyclic) bond motifs is 1. The molecule has 136 valence electrons. The van der Waals surface area contributed by atoms with Crippen LogP contribution in [0.3, 0.4) is 0 Å². The van der Waals surface area contributed by atoms with Crippen molar-refractivity contribution in [2.75, 3.05) is 0 Å². The van der Waals surface area contributed by atoms with Crippen LogP contribution in [-0.4, -0.2) is 18.3 Å². The minimum atomic E-state index is -2.26. The van der Waals surface area contributed by atoms with E-state index < -0.39 is 13.3 Å². The molecule has 3 rings (SSSR count). The first-order valence-corrected chi connectivity index (χ1v) is 14.5. The van der Waals surface area contributed by atoms with E-state index in [4.69, 9.17) is 4.98 Å². The molecule has 0 saturated heterocycles. The Morgan fingerprint density at radius 1 is 0.692 bits per heavy atom. The summed E-state index contributed by atoms with van der Waals surface area (Å²) in [6, 6.07) is 19.9. The Morgan fingerprint density at radius 2 is 1.31 bits per heavy atom. The predicted octanol–water partition coefficient (Wildman–Crippen LogP) is 6.79. The standard InChI is InChI=1S/C24H31GeN/c1-17(2)25(18(3)4,19(5)6)23-13-12-21-15-24(26-16-22(21)14-23)20-10-8-7-9-11-20/h7-19H,1-6H3. The summed E-state index contributed by atoms with van der Waals surface area (Å²) in [5.41, 5.74) is 2.23. The molecule has 0 radical (unpaired) electrons. The van der Waals surface area contributed by atoms with Gasteiger partial charge in [-0.2, -0.15) is 0 Å². The topological polar surface area (TPSA) is 12.9 Å². The molecule has 3 aromatic rings. The Labute approximate surface area is 161 Å². The summed E-state index contributed by atoms with van der Waals surface area (Å²) in [5.74, 6) is 0. The molecule has 2 aromatic carbocycles. The van der Waals surface area contributed by atoms with Gasteiger partial charge in [0, 0.05) is 0 Å². The van der Waals surface area contributed by atoms with Gasteiger partial charge in [-0.05, 0) is 0 Å². The molecular formula is C24H31GeN. The quantitative estimate of drug-likeness (QED) is 0.426. The van der Waals surface area contributed by atoms with Crippen molar-refractivity contribution in [2.24, 2.45) is 0 Å². The molecule has 0 spiro atoms. The van der Waals surface area contributed by atoms with Gasteiger partial charge in [0.05, 0.1) is 0 Å². The first-order valence-electron chi connectivity index (χ1n) is 9.83. The number of hydrogen-bond donors (Lipinski definition) is 0. The van der Waals surface area contributed by atoms with Gasteiger partial charge < -0.3 is 0 Å². The normalized spacial score (nSPS) is 12.5. The maximum atomic E-state index is 4.76. The van der Waals surface area contributed by atoms with Crippen LogP contribution in [0.15, 0.2) is 60.8 Å². The summed E-state index contributed by atoms with van der Waals surface area (Å²) in [7, 11) is 0. The van der Waals surface area contributed by atoms with Gasteiger partial charge in [-0.3, -0.25) is 0 Å². The fourth-order valence-corrected chi connectivity index (χ4v) is 19.4. The number of nitrogens with zero attached hydrogens (tertiary/aromatic N) is 1. The molecule has 0 atom stereocenters. The van der Waals surface area contributed by atoms with E-state index in [0.717, 1.165) is 19.9 Å². The summed E-state index contributed by atoms with van der Waals surface area (Å²) in [4.78, 5) is 4.76. The van der Waals surface area contributed by atoms with Crippen molar-refractivity contribution >= 4 is 28.4 Å². The molecule has 0 aliphatic heterocycles. The number of pyridine rings is 1. The molecule has 0 fully saturated rings. The molecule has 1 nitrogen and oxygen atoms in total. The zero-order valence-electron chi connectivity index (χ0n) is 17.0. The van der Waals surface area contributed by atoms with Crippen molar-refractivity contribution < 1.29 is 0 Å². The van der Waals surface area contributed by atoms with Crippen LogP contribution < -0.4 is 4.40 Å². The van der Waals surface area contributed by atoms with E-state index in [2.05, 4.69) is 96.3 Å². The molecule has 0 aliphatic carbocycles. The van der Waals surface area contributed by atoms with Gasteiger partial charge in [-0.25, -0.2) is 0 Å². The number of aromatic nitrogens is 1. The zero-order chi connectivity index (χ0) is 18.9. The van der Waals surface area contributed by atoms with Crippen molar-refractivity contribution in [1.29, 1.82) is 0 Å². The Bertz CT molecular complexity index is 859. The second kappa shape index (κ2) is 7.56. The summed E-state index contributed by atoms with van der Waals surface area (Å²) < 4.78 is 3.93. The van der Waals surface area contributed by atoms with Gasteiger partial charge in [-0.15, -0.1) is 0 Å². The molecule has 0 N–H and O–H groups in total. The number of hydrogen-bond acceptors (Lipinski definition) is 1. The average molecular weight is 406 g/mol. The van der Waals surface area contributed by atoms with Crippen LogP contribution in [-0.2, 0) is 0 Å². The third kappa shape index (κ3) is 3.22. The van der Waals surface area contributed by atoms with E-state index in [-0.39, 0.29) is 0 Å². The van der Waals surface area contributed by atoms with E-state index in [9.17, 15) is 0 Å². The molecule has 0 amide bonds. The monoisotopic (exact) mass is 407 g/mol. The average Bonchev–Trinajstić information content (AvgIpc) is 2.61. The summed E-state index contributed by atoms with van der Waals surface area (Å²) >= 11 is -2.26. The summed E-state index contributed by atoms with van der Waals surface area (Å²) in [5, 5.41) is 2.56. The van der Waals surface area contributed by atoms with Crippen LogP contribution in [0.25, 0.3) is 22.0 Å². The summed E-state index contributed by atoms with van der Waals surface area (Å²) in [6.07, 6.45) is 2.06. The predicted molar refractivity (Wildman–Crippen MR) is 118 cm³/mol. The first kappa shape index (κ1) is 19.2. The zero-order valence-corrected chi connectivity index (χ0v) is 19.1. The van der Waals surface area contributed by atoms with Crippen LogP contribution in [0, 0.1) is 0 Å². The molecular weight excluding hydrogens is 375 g/mol. The van der Waals surface area contributed by atoms with E-state index in [1.165, 1.54) is 16.3 Å². The van der Waals surface area contributed by atoms with E-state index >= 15 is 0 Å². The third-order valence-electron chi connectivity index (χ3n) is 6.16. The fourth-order valence-electron chi connectivity index (χ4n) is 5.18. The van der Waals surface area contributed by atoms with Crippen molar-refractivity contribution in [3.05, 3.63) is 60.8 Å². The van der Waals surface area contributed by atoms with Gasteiger partial charge in [0.1, 0.15) is 0 Å². The summed E-state index contributed by atoms with van der Waals surface area (Å²) in [6.45, 7) is 14.7.